The molecule has 0 aromatic heterocycles. The maximum absolute atomic E-state index is 10.4. The van der Waals surface area contributed by atoms with Crippen molar-refractivity contribution in [3.63, 3.8) is 0 Å². The summed E-state index contributed by atoms with van der Waals surface area (Å²) in [7, 11) is 0. The Labute approximate surface area is 95.8 Å². The van der Waals surface area contributed by atoms with Crippen LogP contribution < -0.4 is 0 Å². The first-order chi connectivity index (χ1) is 5.61. The van der Waals surface area contributed by atoms with Gasteiger partial charge in [-0.25, -0.2) is 4.79 Å². The van der Waals surface area contributed by atoms with Gasteiger partial charge in [-0.05, 0) is 6.07 Å². The van der Waals surface area contributed by atoms with Crippen LogP contribution in [0.4, 0.5) is 5.69 Å². The Bertz CT molecular complexity index is 310. The predicted molar refractivity (Wildman–Crippen MR) is 47.2 cm³/mol. The second-order valence-corrected chi connectivity index (χ2v) is 2.11. The van der Waals surface area contributed by atoms with Crippen molar-refractivity contribution >= 4 is 41.2 Å². The number of hydrogen-bond acceptors (Lipinski definition) is 3. The number of benzene rings is 1. The van der Waals surface area contributed by atoms with Crippen molar-refractivity contribution in [2.24, 2.45) is 0 Å². The Morgan fingerprint density at radius 2 is 2.08 bits per heavy atom. The molecular weight excluding hydrogens is 185 g/mol. The van der Waals surface area contributed by atoms with Crippen molar-refractivity contribution < 1.29 is 14.8 Å². The topological polar surface area (TPSA) is 80.4 Å². The van der Waals surface area contributed by atoms with Crippen molar-refractivity contribution in [3.8, 4) is 0 Å². The summed E-state index contributed by atoms with van der Waals surface area (Å²) in [4.78, 5) is 19.9. The number of hydrogen-bond donors (Lipinski definition) is 1. The maximum atomic E-state index is 10.4. The predicted octanol–water partition coefficient (Wildman–Crippen LogP) is 0.644. The third kappa shape index (κ3) is 3.14. The normalized spacial score (nSPS) is 8.62. The molecule has 1 N–H and O–H groups in total. The second kappa shape index (κ2) is 4.96. The molecule has 0 radical (unpaired) electrons. The molecule has 0 fully saturated rings. The Balaban J connectivity index is 0.00000144. The summed E-state index contributed by atoms with van der Waals surface area (Å²) in [6.45, 7) is 0. The van der Waals surface area contributed by atoms with E-state index in [4.69, 9.17) is 5.11 Å². The molecular formula is C7H6NNaO4. The standard InChI is InChI=1S/C7H5NO4.Na.H/c9-7(10)5-2-1-3-6(4-5)8(11)12;;/h1-4H,(H,9,10);;. The molecule has 13 heavy (non-hydrogen) atoms. The van der Waals surface area contributed by atoms with Gasteiger partial charge in [0.05, 0.1) is 10.5 Å². The van der Waals surface area contributed by atoms with E-state index >= 15 is 0 Å². The summed E-state index contributed by atoms with van der Waals surface area (Å²) in [5, 5.41) is 18.7. The van der Waals surface area contributed by atoms with E-state index in [1.165, 1.54) is 18.2 Å². The summed E-state index contributed by atoms with van der Waals surface area (Å²) < 4.78 is 0. The summed E-state index contributed by atoms with van der Waals surface area (Å²) in [5.41, 5.74) is -0.292. The first-order valence-corrected chi connectivity index (χ1v) is 3.09. The van der Waals surface area contributed by atoms with Gasteiger partial charge in [0.15, 0.2) is 0 Å². The summed E-state index contributed by atoms with van der Waals surface area (Å²) in [6.07, 6.45) is 0. The van der Waals surface area contributed by atoms with Crippen LogP contribution in [-0.4, -0.2) is 45.6 Å². The Hall–Kier alpha value is -0.910. The number of non-ortho nitro benzene ring substituents is 1. The Morgan fingerprint density at radius 3 is 2.54 bits per heavy atom. The van der Waals surface area contributed by atoms with Gasteiger partial charge < -0.3 is 5.11 Å². The average Bonchev–Trinajstić information content (AvgIpc) is 2.04. The molecule has 64 valence electrons. The number of aromatic carboxylic acids is 1. The van der Waals surface area contributed by atoms with Gasteiger partial charge in [-0.1, -0.05) is 6.07 Å². The van der Waals surface area contributed by atoms with Gasteiger partial charge in [-0.3, -0.25) is 10.1 Å². The van der Waals surface area contributed by atoms with E-state index in [2.05, 4.69) is 0 Å². The number of nitro benzene ring substituents is 1. The van der Waals surface area contributed by atoms with Crippen LogP contribution >= 0.6 is 0 Å². The quantitative estimate of drug-likeness (QED) is 0.422. The van der Waals surface area contributed by atoms with Gasteiger partial charge in [-0.2, -0.15) is 0 Å². The Morgan fingerprint density at radius 1 is 1.46 bits per heavy atom. The molecule has 0 spiro atoms. The van der Waals surface area contributed by atoms with Crippen molar-refractivity contribution in [1.82, 2.24) is 0 Å². The van der Waals surface area contributed by atoms with E-state index in [0.717, 1.165) is 6.07 Å². The van der Waals surface area contributed by atoms with Gasteiger partial charge in [0, 0.05) is 12.1 Å². The molecule has 0 saturated heterocycles. The van der Waals surface area contributed by atoms with Crippen LogP contribution in [0.3, 0.4) is 0 Å². The zero-order valence-corrected chi connectivity index (χ0v) is 5.93. The fraction of sp³-hybridized carbons (Fsp3) is 0. The molecule has 1 aromatic rings. The zero-order valence-electron chi connectivity index (χ0n) is 5.93. The molecule has 1 aromatic carbocycles. The number of carboxylic acids is 1. The minimum atomic E-state index is -1.17. The van der Waals surface area contributed by atoms with E-state index in [1.54, 1.807) is 0 Å². The number of nitrogens with zero attached hydrogens (tertiary/aromatic N) is 1. The van der Waals surface area contributed by atoms with E-state index in [9.17, 15) is 14.9 Å². The molecule has 0 amide bonds. The van der Waals surface area contributed by atoms with Gasteiger partial charge in [0.2, 0.25) is 0 Å². The third-order valence-electron chi connectivity index (χ3n) is 1.30. The van der Waals surface area contributed by atoms with Crippen molar-refractivity contribution in [2.75, 3.05) is 0 Å². The molecule has 0 aliphatic rings. The fourth-order valence-electron chi connectivity index (χ4n) is 0.753. The van der Waals surface area contributed by atoms with E-state index in [0.29, 0.717) is 0 Å². The summed E-state index contributed by atoms with van der Waals surface area (Å²) in [6, 6.07) is 4.89. The van der Waals surface area contributed by atoms with Crippen LogP contribution in [0.2, 0.25) is 0 Å². The number of carbonyl (C=O) groups is 1. The number of carboxylic acid groups (broad SMARTS) is 1. The number of rotatable bonds is 2. The first kappa shape index (κ1) is 12.1. The molecule has 0 aliphatic carbocycles. The van der Waals surface area contributed by atoms with Crippen molar-refractivity contribution in [3.05, 3.63) is 39.9 Å². The van der Waals surface area contributed by atoms with E-state index < -0.39 is 10.9 Å². The molecule has 0 heterocycles. The van der Waals surface area contributed by atoms with Crippen molar-refractivity contribution in [1.29, 1.82) is 0 Å². The molecule has 0 aliphatic heterocycles. The SMILES string of the molecule is O=C(O)c1cccc([N+](=O)[O-])c1.[NaH]. The van der Waals surface area contributed by atoms with Crippen LogP contribution in [0.1, 0.15) is 10.4 Å². The molecule has 0 atom stereocenters. The molecule has 0 unspecified atom stereocenters. The van der Waals surface area contributed by atoms with Crippen LogP contribution in [0.15, 0.2) is 24.3 Å². The molecule has 0 saturated carbocycles. The van der Waals surface area contributed by atoms with Crippen LogP contribution in [-0.2, 0) is 0 Å². The van der Waals surface area contributed by atoms with E-state index in [1.807, 2.05) is 0 Å². The van der Waals surface area contributed by atoms with Gasteiger partial charge >= 0.3 is 35.5 Å². The number of nitro groups is 1. The molecule has 5 nitrogen and oxygen atoms in total. The van der Waals surface area contributed by atoms with Crippen LogP contribution in [0.5, 0.6) is 0 Å². The summed E-state index contributed by atoms with van der Waals surface area (Å²) in [5.74, 6) is -1.17. The second-order valence-electron chi connectivity index (χ2n) is 2.11. The van der Waals surface area contributed by atoms with Gasteiger partial charge in [0.25, 0.3) is 5.69 Å². The average molecular weight is 191 g/mol. The van der Waals surface area contributed by atoms with Gasteiger partial charge in [-0.15, -0.1) is 0 Å². The molecule has 1 rings (SSSR count). The van der Waals surface area contributed by atoms with Crippen molar-refractivity contribution in [2.45, 2.75) is 0 Å². The fourth-order valence-corrected chi connectivity index (χ4v) is 0.753. The monoisotopic (exact) mass is 191 g/mol. The Kier molecular flexibility index (Phi) is 4.61. The summed E-state index contributed by atoms with van der Waals surface area (Å²) >= 11 is 0. The molecule has 0 bridgehead atoms. The first-order valence-electron chi connectivity index (χ1n) is 3.09. The van der Waals surface area contributed by atoms with Crippen LogP contribution in [0, 0.1) is 10.1 Å². The molecule has 6 heteroatoms. The van der Waals surface area contributed by atoms with E-state index in [-0.39, 0.29) is 40.8 Å². The third-order valence-corrected chi connectivity index (χ3v) is 1.30. The van der Waals surface area contributed by atoms with Gasteiger partial charge in [0.1, 0.15) is 0 Å². The minimum absolute atomic E-state index is 0. The van der Waals surface area contributed by atoms with Crippen LogP contribution in [0.25, 0.3) is 0 Å². The zero-order chi connectivity index (χ0) is 9.14.